The van der Waals surface area contributed by atoms with Gasteiger partial charge in [-0.2, -0.15) is 0 Å². The molecule has 0 aliphatic carbocycles. The Labute approximate surface area is 272 Å². The number of rotatable bonds is 4. The van der Waals surface area contributed by atoms with Crippen LogP contribution >= 0.6 is 22.7 Å². The predicted molar refractivity (Wildman–Crippen MR) is 189 cm³/mol. The molecule has 230 valence electrons. The summed E-state index contributed by atoms with van der Waals surface area (Å²) in [6, 6.07) is 21.6. The van der Waals surface area contributed by atoms with E-state index < -0.39 is 0 Å². The zero-order valence-electron chi connectivity index (χ0n) is 25.2. The number of nitrogens with zero attached hydrogens (tertiary/aromatic N) is 7. The van der Waals surface area contributed by atoms with E-state index in [0.29, 0.717) is 32.3 Å². The van der Waals surface area contributed by atoms with Crippen molar-refractivity contribution >= 4 is 75.4 Å². The van der Waals surface area contributed by atoms with Crippen LogP contribution in [0.5, 0.6) is 0 Å². The van der Waals surface area contributed by atoms with Crippen LogP contribution < -0.4 is 20.9 Å². The van der Waals surface area contributed by atoms with Crippen molar-refractivity contribution in [2.75, 3.05) is 36.0 Å². The molecule has 9 nitrogen and oxygen atoms in total. The first-order valence-corrected chi connectivity index (χ1v) is 17.7. The second-order valence-corrected chi connectivity index (χ2v) is 14.1. The van der Waals surface area contributed by atoms with Crippen molar-refractivity contribution in [1.29, 1.82) is 0 Å². The first kappa shape index (κ1) is 27.7. The minimum absolute atomic E-state index is 0.0794. The highest BCUT2D eigenvalue weighted by molar-refractivity contribution is 7.27. The van der Waals surface area contributed by atoms with Gasteiger partial charge < -0.3 is 9.80 Å². The smallest absolute Gasteiger partial charge is 0.277 e. The molecule has 0 unspecified atom stereocenters. The third-order valence-electron chi connectivity index (χ3n) is 9.22. The lowest BCUT2D eigenvalue weighted by Gasteiger charge is -2.29. The maximum absolute atomic E-state index is 14.3. The number of aromatic nitrogens is 5. The second kappa shape index (κ2) is 11.0. The molecule has 0 amide bonds. The third kappa shape index (κ3) is 4.36. The molecule has 0 spiro atoms. The van der Waals surface area contributed by atoms with Gasteiger partial charge >= 0.3 is 0 Å². The van der Waals surface area contributed by atoms with E-state index in [1.54, 1.807) is 9.13 Å². The number of hydrogen-bond donors (Lipinski definition) is 0. The molecule has 0 radical (unpaired) electrons. The van der Waals surface area contributed by atoms with Gasteiger partial charge in [-0.25, -0.2) is 24.1 Å². The number of piperidine rings is 2. The fourth-order valence-corrected chi connectivity index (χ4v) is 9.05. The van der Waals surface area contributed by atoms with Crippen molar-refractivity contribution < 1.29 is 0 Å². The maximum atomic E-state index is 14.3. The Hall–Kier alpha value is -4.61. The molecule has 2 fully saturated rings. The Morgan fingerprint density at radius 2 is 0.935 bits per heavy atom. The van der Waals surface area contributed by atoms with Gasteiger partial charge in [-0.3, -0.25) is 9.59 Å². The zero-order chi connectivity index (χ0) is 30.8. The minimum atomic E-state index is -0.0794. The van der Waals surface area contributed by atoms with Crippen molar-refractivity contribution in [2.24, 2.45) is 0 Å². The largest absolute Gasteiger partial charge is 0.342 e. The average molecular weight is 646 g/mol. The van der Waals surface area contributed by atoms with Crippen LogP contribution in [0.3, 0.4) is 0 Å². The molecule has 5 aromatic heterocycles. The highest BCUT2D eigenvalue weighted by Crippen LogP contribution is 2.39. The summed E-state index contributed by atoms with van der Waals surface area (Å²) in [4.78, 5) is 50.0. The van der Waals surface area contributed by atoms with Crippen molar-refractivity contribution in [3.8, 4) is 11.4 Å². The SMILES string of the molecule is O=c1c2sc3nc4sc5c(=O)n(-c6ccccc6)c(N6CCCCC6)nc5c4cc3c2nc(N2CCCCC2)n1-c1ccccc1. The van der Waals surface area contributed by atoms with E-state index in [-0.39, 0.29) is 11.1 Å². The van der Waals surface area contributed by atoms with E-state index in [2.05, 4.69) is 15.9 Å². The van der Waals surface area contributed by atoms with E-state index in [1.165, 1.54) is 35.5 Å². The standard InChI is InChI=1S/C35H31N7O2S2/c43-32-28-26(36-34(39-17-9-3-10-18-39)41(32)22-13-5-1-6-14-22)24-21-25-27-29(46-31(25)38-30(24)45-28)33(44)42(23-15-7-2-8-16-23)35(37-27)40-19-11-4-12-20-40/h1-2,5-8,13-16,21H,3-4,9-12,17-20H2. The van der Waals surface area contributed by atoms with Gasteiger partial charge in [0, 0.05) is 37.0 Å². The quantitative estimate of drug-likeness (QED) is 0.206. The molecule has 0 atom stereocenters. The molecule has 0 bridgehead atoms. The van der Waals surface area contributed by atoms with Gasteiger partial charge in [-0.1, -0.05) is 36.4 Å². The lowest BCUT2D eigenvalue weighted by Crippen LogP contribution is -2.35. The lowest BCUT2D eigenvalue weighted by atomic mass is 10.1. The van der Waals surface area contributed by atoms with Crippen LogP contribution in [0.15, 0.2) is 76.3 Å². The molecule has 11 heteroatoms. The van der Waals surface area contributed by atoms with E-state index in [1.807, 2.05) is 60.7 Å². The summed E-state index contributed by atoms with van der Waals surface area (Å²) >= 11 is 2.75. The van der Waals surface area contributed by atoms with Gasteiger partial charge in [0.25, 0.3) is 11.1 Å². The number of fused-ring (bicyclic) bond motifs is 6. The topological polar surface area (TPSA) is 89.2 Å². The summed E-state index contributed by atoms with van der Waals surface area (Å²) in [5, 5.41) is 1.66. The Kier molecular flexibility index (Phi) is 6.63. The van der Waals surface area contributed by atoms with Crippen molar-refractivity contribution in [1.82, 2.24) is 24.1 Å². The van der Waals surface area contributed by atoms with Crippen LogP contribution in [0, 0.1) is 0 Å². The Morgan fingerprint density at radius 3 is 1.35 bits per heavy atom. The molecule has 46 heavy (non-hydrogen) atoms. The molecule has 2 aliphatic heterocycles. The molecular weight excluding hydrogens is 615 g/mol. The molecule has 0 N–H and O–H groups in total. The van der Waals surface area contributed by atoms with Crippen LogP contribution in [0.1, 0.15) is 38.5 Å². The number of benzene rings is 2. The molecule has 0 saturated carbocycles. The first-order chi connectivity index (χ1) is 22.7. The Morgan fingerprint density at radius 1 is 0.522 bits per heavy atom. The molecule has 7 heterocycles. The van der Waals surface area contributed by atoms with Crippen LogP contribution in [0.25, 0.3) is 52.2 Å². The van der Waals surface area contributed by atoms with Crippen LogP contribution in [-0.2, 0) is 0 Å². The van der Waals surface area contributed by atoms with Crippen LogP contribution in [0.2, 0.25) is 0 Å². The first-order valence-electron chi connectivity index (χ1n) is 16.0. The van der Waals surface area contributed by atoms with Gasteiger partial charge in [0.2, 0.25) is 11.9 Å². The monoisotopic (exact) mass is 645 g/mol. The summed E-state index contributed by atoms with van der Waals surface area (Å²) in [5.74, 6) is 1.35. The Bertz CT molecular complexity index is 2220. The number of hydrogen-bond acceptors (Lipinski definition) is 9. The van der Waals surface area contributed by atoms with Gasteiger partial charge in [0.05, 0.1) is 11.4 Å². The fourth-order valence-electron chi connectivity index (χ4n) is 6.94. The van der Waals surface area contributed by atoms with Crippen molar-refractivity contribution in [3.05, 3.63) is 87.4 Å². The highest BCUT2D eigenvalue weighted by atomic mass is 32.1. The maximum Gasteiger partial charge on any atom is 0.277 e. The highest BCUT2D eigenvalue weighted by Gasteiger charge is 2.26. The molecule has 2 aliphatic rings. The minimum Gasteiger partial charge on any atom is -0.342 e. The van der Waals surface area contributed by atoms with E-state index in [9.17, 15) is 9.59 Å². The van der Waals surface area contributed by atoms with Crippen molar-refractivity contribution in [2.45, 2.75) is 38.5 Å². The summed E-state index contributed by atoms with van der Waals surface area (Å²) in [6.07, 6.45) is 6.65. The Balaban J connectivity index is 1.31. The van der Waals surface area contributed by atoms with Gasteiger partial charge in [-0.05, 0) is 68.9 Å². The number of para-hydroxylation sites is 2. The van der Waals surface area contributed by atoms with E-state index in [4.69, 9.17) is 15.0 Å². The predicted octanol–water partition coefficient (Wildman–Crippen LogP) is 6.89. The van der Waals surface area contributed by atoms with Gasteiger partial charge in [0.1, 0.15) is 30.1 Å². The molecule has 7 aromatic rings. The summed E-state index contributed by atoms with van der Waals surface area (Å²) < 4.78 is 4.70. The molecule has 9 rings (SSSR count). The molecule has 2 saturated heterocycles. The zero-order valence-corrected chi connectivity index (χ0v) is 26.8. The summed E-state index contributed by atoms with van der Waals surface area (Å²) in [6.45, 7) is 3.45. The number of thiophene rings is 2. The summed E-state index contributed by atoms with van der Waals surface area (Å²) in [7, 11) is 0. The van der Waals surface area contributed by atoms with Crippen molar-refractivity contribution in [3.63, 3.8) is 0 Å². The third-order valence-corrected chi connectivity index (χ3v) is 11.4. The molecular formula is C35H31N7O2S2. The van der Waals surface area contributed by atoms with Gasteiger partial charge in [-0.15, -0.1) is 22.7 Å². The average Bonchev–Trinajstić information content (AvgIpc) is 3.66. The van der Waals surface area contributed by atoms with Crippen LogP contribution in [0.4, 0.5) is 11.9 Å². The summed E-state index contributed by atoms with van der Waals surface area (Å²) in [5.41, 5.74) is 2.79. The second-order valence-electron chi connectivity index (χ2n) is 12.1. The van der Waals surface area contributed by atoms with Gasteiger partial charge in [0.15, 0.2) is 0 Å². The van der Waals surface area contributed by atoms with E-state index in [0.717, 1.165) is 83.7 Å². The lowest BCUT2D eigenvalue weighted by molar-refractivity contribution is 0.563. The molecule has 2 aromatic carbocycles. The van der Waals surface area contributed by atoms with E-state index >= 15 is 0 Å². The number of anilines is 2. The number of pyridine rings is 1. The normalized spacial score (nSPS) is 15.9. The fraction of sp³-hybridized carbons (Fsp3) is 0.286. The van der Waals surface area contributed by atoms with Crippen LogP contribution in [-0.4, -0.2) is 50.3 Å².